The predicted molar refractivity (Wildman–Crippen MR) is 54.9 cm³/mol. The van der Waals surface area contributed by atoms with Crippen LogP contribution >= 0.6 is 11.6 Å². The molecule has 1 aliphatic rings. The Hall–Kier alpha value is -1.02. The largest absolute Gasteiger partial charge is 0.480 e. The number of ether oxygens (including phenoxy) is 1. The second-order valence-electron chi connectivity index (χ2n) is 3.96. The molecule has 1 aromatic carbocycles. The Bertz CT molecular complexity index is 396. The summed E-state index contributed by atoms with van der Waals surface area (Å²) in [5, 5.41) is 0.639. The van der Waals surface area contributed by atoms with Crippen LogP contribution in [-0.4, -0.2) is 11.4 Å². The lowest BCUT2D eigenvalue weighted by Crippen LogP contribution is -2.42. The van der Waals surface area contributed by atoms with Crippen LogP contribution in [-0.2, 0) is 11.2 Å². The molecule has 0 saturated carbocycles. The molecule has 0 aromatic heterocycles. The summed E-state index contributed by atoms with van der Waals surface area (Å²) in [6, 6.07) is 5.36. The van der Waals surface area contributed by atoms with Crippen molar-refractivity contribution in [2.24, 2.45) is 0 Å². The molecule has 0 bridgehead atoms. The fraction of sp³-hybridized carbons (Fsp3) is 0.364. The number of halogens is 1. The zero-order valence-electron chi connectivity index (χ0n) is 8.13. The fourth-order valence-corrected chi connectivity index (χ4v) is 1.70. The first-order valence-corrected chi connectivity index (χ1v) is 4.87. The van der Waals surface area contributed by atoms with Crippen LogP contribution in [0.5, 0.6) is 5.75 Å². The molecule has 0 spiro atoms. The van der Waals surface area contributed by atoms with Gasteiger partial charge in [-0.1, -0.05) is 11.6 Å². The Morgan fingerprint density at radius 3 is 2.86 bits per heavy atom. The van der Waals surface area contributed by atoms with Gasteiger partial charge in [0.1, 0.15) is 5.75 Å². The molecule has 0 aliphatic carbocycles. The third-order valence-corrected chi connectivity index (χ3v) is 2.65. The Morgan fingerprint density at radius 2 is 2.14 bits per heavy atom. The monoisotopic (exact) mass is 210 g/mol. The van der Waals surface area contributed by atoms with Crippen molar-refractivity contribution in [2.75, 3.05) is 0 Å². The van der Waals surface area contributed by atoms with Gasteiger partial charge in [-0.2, -0.15) is 0 Å². The number of benzene rings is 1. The van der Waals surface area contributed by atoms with E-state index in [4.69, 9.17) is 16.3 Å². The third-order valence-electron chi connectivity index (χ3n) is 2.41. The van der Waals surface area contributed by atoms with Crippen molar-refractivity contribution in [3.63, 3.8) is 0 Å². The van der Waals surface area contributed by atoms with Crippen molar-refractivity contribution in [1.29, 1.82) is 0 Å². The molecule has 0 saturated heterocycles. The van der Waals surface area contributed by atoms with Crippen molar-refractivity contribution in [3.8, 4) is 5.75 Å². The van der Waals surface area contributed by atoms with Crippen molar-refractivity contribution in [3.05, 3.63) is 28.8 Å². The molecular formula is C11H11ClO2. The van der Waals surface area contributed by atoms with Gasteiger partial charge in [-0.05, 0) is 32.0 Å². The molecule has 2 nitrogen and oxygen atoms in total. The van der Waals surface area contributed by atoms with E-state index in [2.05, 4.69) is 0 Å². The van der Waals surface area contributed by atoms with Crippen molar-refractivity contribution in [1.82, 2.24) is 0 Å². The SMILES string of the molecule is CC1(C)Oc2ccc(Cl)cc2CC1=O. The molecule has 1 heterocycles. The third kappa shape index (κ3) is 1.50. The molecule has 0 unspecified atom stereocenters. The van der Waals surface area contributed by atoms with Crippen LogP contribution in [0.2, 0.25) is 5.02 Å². The standard InChI is InChI=1S/C11H11ClO2/c1-11(2)10(13)6-7-5-8(12)3-4-9(7)14-11/h3-5H,6H2,1-2H3. The summed E-state index contributed by atoms with van der Waals surface area (Å²) in [7, 11) is 0. The number of rotatable bonds is 0. The Morgan fingerprint density at radius 1 is 1.43 bits per heavy atom. The van der Waals surface area contributed by atoms with E-state index in [1.54, 1.807) is 26.0 Å². The summed E-state index contributed by atoms with van der Waals surface area (Å²) < 4.78 is 5.58. The maximum atomic E-state index is 11.6. The number of fused-ring (bicyclic) bond motifs is 1. The van der Waals surface area contributed by atoms with Crippen LogP contribution in [0.4, 0.5) is 0 Å². The highest BCUT2D eigenvalue weighted by atomic mass is 35.5. The van der Waals surface area contributed by atoms with Crippen LogP contribution in [0.1, 0.15) is 19.4 Å². The summed E-state index contributed by atoms with van der Waals surface area (Å²) in [4.78, 5) is 11.6. The van der Waals surface area contributed by atoms with Gasteiger partial charge in [0.25, 0.3) is 0 Å². The van der Waals surface area contributed by atoms with E-state index in [1.807, 2.05) is 6.07 Å². The maximum absolute atomic E-state index is 11.6. The molecule has 0 N–H and O–H groups in total. The van der Waals surface area contributed by atoms with Crippen molar-refractivity contribution >= 4 is 17.4 Å². The zero-order chi connectivity index (χ0) is 10.3. The van der Waals surface area contributed by atoms with Gasteiger partial charge in [0.15, 0.2) is 11.4 Å². The van der Waals surface area contributed by atoms with E-state index in [0.29, 0.717) is 11.4 Å². The lowest BCUT2D eigenvalue weighted by Gasteiger charge is -2.31. The summed E-state index contributed by atoms with van der Waals surface area (Å²) in [6.45, 7) is 3.57. The zero-order valence-corrected chi connectivity index (χ0v) is 8.89. The molecule has 2 rings (SSSR count). The second-order valence-corrected chi connectivity index (χ2v) is 4.40. The lowest BCUT2D eigenvalue weighted by atomic mass is 9.93. The average molecular weight is 211 g/mol. The molecule has 0 fully saturated rings. The normalized spacial score (nSPS) is 18.6. The Kier molecular flexibility index (Phi) is 2.04. The number of Topliss-reactive ketones (excluding diaryl/α,β-unsaturated/α-hetero) is 1. The van der Waals surface area contributed by atoms with Gasteiger partial charge in [-0.3, -0.25) is 4.79 Å². The van der Waals surface area contributed by atoms with E-state index in [9.17, 15) is 4.79 Å². The summed E-state index contributed by atoms with van der Waals surface area (Å²) in [5.41, 5.74) is 0.169. The first kappa shape index (κ1) is 9.53. The van der Waals surface area contributed by atoms with E-state index < -0.39 is 5.60 Å². The van der Waals surface area contributed by atoms with Gasteiger partial charge in [-0.15, -0.1) is 0 Å². The minimum Gasteiger partial charge on any atom is -0.480 e. The van der Waals surface area contributed by atoms with E-state index in [-0.39, 0.29) is 5.78 Å². The van der Waals surface area contributed by atoms with Crippen LogP contribution in [0.15, 0.2) is 18.2 Å². The molecule has 0 atom stereocenters. The Balaban J connectivity index is 2.46. The summed E-state index contributed by atoms with van der Waals surface area (Å²) in [5.74, 6) is 0.853. The molecule has 1 aliphatic heterocycles. The second kappa shape index (κ2) is 2.99. The highest BCUT2D eigenvalue weighted by molar-refractivity contribution is 6.30. The van der Waals surface area contributed by atoms with E-state index in [1.165, 1.54) is 0 Å². The van der Waals surface area contributed by atoms with Gasteiger partial charge in [0.05, 0.1) is 0 Å². The summed E-state index contributed by atoms with van der Waals surface area (Å²) >= 11 is 5.83. The molecule has 0 radical (unpaired) electrons. The average Bonchev–Trinajstić information content (AvgIpc) is 2.08. The number of ketones is 1. The van der Waals surface area contributed by atoms with E-state index >= 15 is 0 Å². The molecule has 0 amide bonds. The smallest absolute Gasteiger partial charge is 0.180 e. The first-order chi connectivity index (χ1) is 6.49. The van der Waals surface area contributed by atoms with Gasteiger partial charge < -0.3 is 4.74 Å². The predicted octanol–water partition coefficient (Wildman–Crippen LogP) is 2.62. The van der Waals surface area contributed by atoms with Crippen molar-refractivity contribution in [2.45, 2.75) is 25.9 Å². The van der Waals surface area contributed by atoms with E-state index in [0.717, 1.165) is 11.3 Å². The number of hydrogen-bond donors (Lipinski definition) is 0. The Labute approximate surface area is 87.8 Å². The van der Waals surface area contributed by atoms with Gasteiger partial charge in [0.2, 0.25) is 0 Å². The number of hydrogen-bond acceptors (Lipinski definition) is 2. The minimum atomic E-state index is -0.708. The van der Waals surface area contributed by atoms with Crippen LogP contribution in [0.25, 0.3) is 0 Å². The quantitative estimate of drug-likeness (QED) is 0.658. The molecule has 14 heavy (non-hydrogen) atoms. The van der Waals surface area contributed by atoms with Crippen LogP contribution in [0, 0.1) is 0 Å². The van der Waals surface area contributed by atoms with Gasteiger partial charge >= 0.3 is 0 Å². The molecular weight excluding hydrogens is 200 g/mol. The van der Waals surface area contributed by atoms with Crippen LogP contribution in [0.3, 0.4) is 0 Å². The fourth-order valence-electron chi connectivity index (χ4n) is 1.50. The highest BCUT2D eigenvalue weighted by Gasteiger charge is 2.34. The topological polar surface area (TPSA) is 26.3 Å². The summed E-state index contributed by atoms with van der Waals surface area (Å²) in [6.07, 6.45) is 0.406. The molecule has 1 aromatic rings. The number of carbonyl (C=O) groups excluding carboxylic acids is 1. The number of carbonyl (C=O) groups is 1. The molecule has 74 valence electrons. The maximum Gasteiger partial charge on any atom is 0.180 e. The minimum absolute atomic E-state index is 0.0901. The highest BCUT2D eigenvalue weighted by Crippen LogP contribution is 2.32. The lowest BCUT2D eigenvalue weighted by molar-refractivity contribution is -0.132. The molecule has 3 heteroatoms. The first-order valence-electron chi connectivity index (χ1n) is 4.50. The van der Waals surface area contributed by atoms with Crippen molar-refractivity contribution < 1.29 is 9.53 Å². The van der Waals surface area contributed by atoms with Crippen LogP contribution < -0.4 is 4.74 Å². The van der Waals surface area contributed by atoms with Gasteiger partial charge in [0, 0.05) is 17.0 Å². The van der Waals surface area contributed by atoms with Gasteiger partial charge in [-0.25, -0.2) is 0 Å².